The Labute approximate surface area is 211 Å². The number of rotatable bonds is 4. The van der Waals surface area contributed by atoms with Crippen LogP contribution in [0.15, 0.2) is 42.9 Å². The van der Waals surface area contributed by atoms with Gasteiger partial charge in [0.25, 0.3) is 0 Å². The minimum atomic E-state index is -5.08. The first kappa shape index (κ1) is 30.5. The largest absolute Gasteiger partial charge is 0.490 e. The molecule has 0 amide bonds. The van der Waals surface area contributed by atoms with E-state index in [1.807, 2.05) is 17.0 Å². The number of hydrogen-bond acceptors (Lipinski definition) is 9. The van der Waals surface area contributed by atoms with Crippen molar-refractivity contribution < 1.29 is 59.3 Å². The predicted octanol–water partition coefficient (Wildman–Crippen LogP) is 2.21. The number of aliphatic carboxylic acids is 2. The topological polar surface area (TPSA) is 160 Å². The van der Waals surface area contributed by atoms with Crippen LogP contribution in [0.2, 0.25) is 0 Å². The van der Waals surface area contributed by atoms with Crippen LogP contribution in [-0.2, 0) is 19.4 Å². The average molecular weight is 574 g/mol. The lowest BCUT2D eigenvalue weighted by molar-refractivity contribution is -0.193. The van der Waals surface area contributed by atoms with Crippen molar-refractivity contribution in [3.63, 3.8) is 0 Å². The van der Waals surface area contributed by atoms with Crippen LogP contribution in [0, 0.1) is 5.92 Å². The maximum Gasteiger partial charge on any atom is 0.490 e. The first-order chi connectivity index (χ1) is 17.5. The highest BCUT2D eigenvalue weighted by Gasteiger charge is 2.62. The lowest BCUT2D eigenvalue weighted by Gasteiger charge is -2.49. The van der Waals surface area contributed by atoms with E-state index in [0.29, 0.717) is 37.9 Å². The van der Waals surface area contributed by atoms with Gasteiger partial charge >= 0.3 is 24.3 Å². The molecule has 2 aliphatic heterocycles. The lowest BCUT2D eigenvalue weighted by Crippen LogP contribution is -2.68. The molecule has 0 radical (unpaired) electrons. The van der Waals surface area contributed by atoms with Gasteiger partial charge in [0.2, 0.25) is 11.8 Å². The summed E-state index contributed by atoms with van der Waals surface area (Å²) in [7, 11) is -3.14. The summed E-state index contributed by atoms with van der Waals surface area (Å²) < 4.78 is 93.7. The highest BCUT2D eigenvalue weighted by atomic mass is 32.2. The van der Waals surface area contributed by atoms with E-state index in [-0.39, 0.29) is 11.7 Å². The van der Waals surface area contributed by atoms with Crippen molar-refractivity contribution in [3.8, 4) is 5.88 Å². The lowest BCUT2D eigenvalue weighted by atomic mass is 9.84. The zero-order valence-corrected chi connectivity index (χ0v) is 19.9. The molecule has 0 bridgehead atoms. The maximum absolute atomic E-state index is 12.6. The number of sulfone groups is 1. The molecule has 1 unspecified atom stereocenters. The Morgan fingerprint density at radius 3 is 1.89 bits per heavy atom. The van der Waals surface area contributed by atoms with Crippen LogP contribution in [0.5, 0.6) is 5.88 Å². The molecule has 2 aromatic heterocycles. The summed E-state index contributed by atoms with van der Waals surface area (Å²) in [5.74, 6) is -4.23. The summed E-state index contributed by atoms with van der Waals surface area (Å²) in [6.45, 7) is 1.21. The number of anilines is 1. The number of carboxylic acids is 2. The van der Waals surface area contributed by atoms with E-state index in [1.165, 1.54) is 0 Å². The van der Waals surface area contributed by atoms with Gasteiger partial charge in [0.05, 0.1) is 12.4 Å². The summed E-state index contributed by atoms with van der Waals surface area (Å²) in [5.41, 5.74) is 0. The zero-order chi connectivity index (χ0) is 28.8. The second-order valence-electron chi connectivity index (χ2n) is 7.86. The van der Waals surface area contributed by atoms with Crippen LogP contribution in [0.25, 0.3) is 0 Å². The Kier molecular flexibility index (Phi) is 9.46. The molecule has 0 aromatic carbocycles. The molecule has 2 N–H and O–H groups in total. The molecule has 1 spiro atoms. The molecule has 0 aliphatic carbocycles. The van der Waals surface area contributed by atoms with Gasteiger partial charge in [-0.05, 0) is 18.6 Å². The molecular weight excluding hydrogens is 554 g/mol. The molecule has 11 nitrogen and oxygen atoms in total. The first-order valence-corrected chi connectivity index (χ1v) is 12.0. The third-order valence-electron chi connectivity index (χ3n) is 5.41. The minimum Gasteiger partial charge on any atom is -0.477 e. The fraction of sp³-hybridized carbons (Fsp3) is 0.450. The molecule has 38 heavy (non-hydrogen) atoms. The molecule has 4 rings (SSSR count). The molecule has 4 heterocycles. The van der Waals surface area contributed by atoms with Crippen molar-refractivity contribution in [1.29, 1.82) is 0 Å². The Morgan fingerprint density at radius 2 is 1.45 bits per heavy atom. The summed E-state index contributed by atoms with van der Waals surface area (Å²) in [4.78, 5) is 32.2. The van der Waals surface area contributed by atoms with Crippen molar-refractivity contribution in [2.45, 2.75) is 23.5 Å². The molecule has 210 valence electrons. The number of nitrogens with zero attached hydrogens (tertiary/aromatic N) is 4. The van der Waals surface area contributed by atoms with Crippen molar-refractivity contribution >= 4 is 27.7 Å². The SMILES string of the molecule is O=C(O)C(F)(F)F.O=C(O)C(F)(F)F.O=S1(=O)CCC(COc2ccccn2)C12CN(c1ncccn1)C2. The molecule has 0 saturated carbocycles. The minimum absolute atomic E-state index is 0.0375. The Bertz CT molecular complexity index is 1170. The molecular formula is C20H20F6N4O7S. The van der Waals surface area contributed by atoms with Gasteiger partial charge in [-0.3, -0.25) is 0 Å². The van der Waals surface area contributed by atoms with Crippen LogP contribution in [0.4, 0.5) is 32.3 Å². The Balaban J connectivity index is 0.000000301. The number of halogens is 6. The van der Waals surface area contributed by atoms with Crippen LogP contribution in [0.1, 0.15) is 6.42 Å². The highest BCUT2D eigenvalue weighted by molar-refractivity contribution is 7.93. The molecule has 18 heteroatoms. The van der Waals surface area contributed by atoms with Gasteiger partial charge in [0, 0.05) is 43.7 Å². The second-order valence-corrected chi connectivity index (χ2v) is 10.3. The quantitative estimate of drug-likeness (QED) is 0.516. The molecule has 1 atom stereocenters. The maximum atomic E-state index is 12.6. The van der Waals surface area contributed by atoms with Gasteiger partial charge in [0.15, 0.2) is 9.84 Å². The standard InChI is InChI=1S/C16H18N4O3S.2C2HF3O2/c21-24(22)9-5-13(10-23-14-4-1-2-6-17-14)16(24)11-20(12-16)15-18-7-3-8-19-15;2*3-2(4,5)1(6)7/h1-4,6-8,13H,5,9-12H2;2*(H,6,7). The zero-order valence-electron chi connectivity index (χ0n) is 19.1. The number of ether oxygens (including phenoxy) is 1. The first-order valence-electron chi connectivity index (χ1n) is 10.4. The fourth-order valence-electron chi connectivity index (χ4n) is 3.52. The van der Waals surface area contributed by atoms with E-state index < -0.39 is 38.9 Å². The van der Waals surface area contributed by atoms with E-state index in [1.54, 1.807) is 30.7 Å². The normalized spacial score (nSPS) is 19.2. The Hall–Kier alpha value is -3.70. The van der Waals surface area contributed by atoms with Gasteiger partial charge in [-0.2, -0.15) is 26.3 Å². The van der Waals surface area contributed by atoms with E-state index in [4.69, 9.17) is 24.5 Å². The van der Waals surface area contributed by atoms with Crippen LogP contribution >= 0.6 is 0 Å². The van der Waals surface area contributed by atoms with Crippen LogP contribution in [0.3, 0.4) is 0 Å². The summed E-state index contributed by atoms with van der Waals surface area (Å²) in [6, 6.07) is 7.19. The molecule has 2 aliphatic rings. The van der Waals surface area contributed by atoms with Crippen molar-refractivity contribution in [1.82, 2.24) is 15.0 Å². The van der Waals surface area contributed by atoms with E-state index >= 15 is 0 Å². The highest BCUT2D eigenvalue weighted by Crippen LogP contribution is 2.45. The average Bonchev–Trinajstić information content (AvgIpc) is 3.07. The van der Waals surface area contributed by atoms with Crippen molar-refractivity contribution in [2.75, 3.05) is 30.3 Å². The predicted molar refractivity (Wildman–Crippen MR) is 116 cm³/mol. The molecule has 2 fully saturated rings. The van der Waals surface area contributed by atoms with Gasteiger partial charge in [-0.15, -0.1) is 0 Å². The van der Waals surface area contributed by atoms with E-state index in [0.717, 1.165) is 0 Å². The van der Waals surface area contributed by atoms with Gasteiger partial charge < -0.3 is 19.8 Å². The number of alkyl halides is 6. The van der Waals surface area contributed by atoms with E-state index in [9.17, 15) is 34.8 Å². The summed E-state index contributed by atoms with van der Waals surface area (Å²) >= 11 is 0. The van der Waals surface area contributed by atoms with Gasteiger partial charge in [-0.1, -0.05) is 6.07 Å². The van der Waals surface area contributed by atoms with E-state index in [2.05, 4.69) is 15.0 Å². The van der Waals surface area contributed by atoms with Gasteiger partial charge in [-0.25, -0.2) is 33.0 Å². The number of carboxylic acid groups (broad SMARTS) is 2. The van der Waals surface area contributed by atoms with Crippen LogP contribution in [-0.4, -0.2) is 88.1 Å². The number of aromatic nitrogens is 3. The van der Waals surface area contributed by atoms with Crippen LogP contribution < -0.4 is 9.64 Å². The smallest absolute Gasteiger partial charge is 0.477 e. The Morgan fingerprint density at radius 1 is 0.947 bits per heavy atom. The fourth-order valence-corrected chi connectivity index (χ4v) is 5.92. The number of pyridine rings is 1. The summed E-state index contributed by atoms with van der Waals surface area (Å²) in [5, 5.41) is 14.2. The van der Waals surface area contributed by atoms with Gasteiger partial charge in [0.1, 0.15) is 4.75 Å². The monoisotopic (exact) mass is 574 g/mol. The molecule has 2 aromatic rings. The number of hydrogen-bond donors (Lipinski definition) is 2. The summed E-state index contributed by atoms with van der Waals surface area (Å²) in [6.07, 6.45) is -4.55. The second kappa shape index (κ2) is 11.8. The van der Waals surface area contributed by atoms with Crippen molar-refractivity contribution in [2.24, 2.45) is 5.92 Å². The van der Waals surface area contributed by atoms with Crippen molar-refractivity contribution in [3.05, 3.63) is 42.9 Å². The molecule has 2 saturated heterocycles. The number of carbonyl (C=O) groups is 2. The third kappa shape index (κ3) is 7.65. The third-order valence-corrected chi connectivity index (χ3v) is 8.01.